The number of nitrogens with zero attached hydrogens (tertiary/aromatic N) is 1. The van der Waals surface area contributed by atoms with Crippen LogP contribution in [-0.4, -0.2) is 36.9 Å². The molecule has 6 heteroatoms. The molecule has 2 aromatic rings. The van der Waals surface area contributed by atoms with Crippen molar-refractivity contribution in [3.63, 3.8) is 0 Å². The van der Waals surface area contributed by atoms with Gasteiger partial charge in [0.15, 0.2) is 0 Å². The van der Waals surface area contributed by atoms with Gasteiger partial charge < -0.3 is 10.2 Å². The molecule has 0 atom stereocenters. The molecule has 0 saturated heterocycles. The van der Waals surface area contributed by atoms with Gasteiger partial charge in [-0.05, 0) is 42.8 Å². The highest BCUT2D eigenvalue weighted by Crippen LogP contribution is 2.28. The highest BCUT2D eigenvalue weighted by Gasteiger charge is 2.09. The van der Waals surface area contributed by atoms with E-state index >= 15 is 0 Å². The summed E-state index contributed by atoms with van der Waals surface area (Å²) in [5, 5.41) is 2.65. The number of halogens is 1. The van der Waals surface area contributed by atoms with Crippen LogP contribution in [0.3, 0.4) is 0 Å². The number of hydrogen-bond donors (Lipinski definition) is 1. The SMILES string of the molecule is CCNC(=O)CN(C)C(=O)/C=C/c1ccc(-c2ccc(F)cc2)s1. The van der Waals surface area contributed by atoms with Gasteiger partial charge in [0.25, 0.3) is 0 Å². The predicted octanol–water partition coefficient (Wildman–Crippen LogP) is 3.16. The Labute approximate surface area is 144 Å². The average molecular weight is 346 g/mol. The van der Waals surface area contributed by atoms with E-state index in [1.165, 1.54) is 34.4 Å². The first-order valence-electron chi connectivity index (χ1n) is 7.55. The fourth-order valence-electron chi connectivity index (χ4n) is 2.04. The Bertz CT molecular complexity index is 738. The Morgan fingerprint density at radius 3 is 2.58 bits per heavy atom. The van der Waals surface area contributed by atoms with E-state index in [9.17, 15) is 14.0 Å². The Kier molecular flexibility index (Phi) is 6.26. The molecule has 1 heterocycles. The molecular formula is C18H19FN2O2S. The molecule has 0 radical (unpaired) electrons. The van der Waals surface area contributed by atoms with E-state index < -0.39 is 0 Å². The van der Waals surface area contributed by atoms with Crippen molar-refractivity contribution in [2.45, 2.75) is 6.92 Å². The highest BCUT2D eigenvalue weighted by atomic mass is 32.1. The van der Waals surface area contributed by atoms with Crippen LogP contribution in [-0.2, 0) is 9.59 Å². The molecule has 0 saturated carbocycles. The molecule has 0 spiro atoms. The van der Waals surface area contributed by atoms with Gasteiger partial charge in [-0.25, -0.2) is 4.39 Å². The van der Waals surface area contributed by atoms with Gasteiger partial charge in [-0.1, -0.05) is 12.1 Å². The van der Waals surface area contributed by atoms with Gasteiger partial charge in [-0.3, -0.25) is 9.59 Å². The lowest BCUT2D eigenvalue weighted by Gasteiger charge is -2.13. The molecule has 126 valence electrons. The second-order valence-electron chi connectivity index (χ2n) is 5.19. The predicted molar refractivity (Wildman–Crippen MR) is 95.1 cm³/mol. The summed E-state index contributed by atoms with van der Waals surface area (Å²) < 4.78 is 13.0. The maximum absolute atomic E-state index is 13.0. The van der Waals surface area contributed by atoms with Gasteiger partial charge in [0.2, 0.25) is 11.8 Å². The van der Waals surface area contributed by atoms with Crippen LogP contribution in [0.15, 0.2) is 42.5 Å². The van der Waals surface area contributed by atoms with Crippen LogP contribution >= 0.6 is 11.3 Å². The zero-order chi connectivity index (χ0) is 17.5. The van der Waals surface area contributed by atoms with Crippen LogP contribution in [0.4, 0.5) is 4.39 Å². The zero-order valence-electron chi connectivity index (χ0n) is 13.6. The van der Waals surface area contributed by atoms with Gasteiger partial charge >= 0.3 is 0 Å². The fourth-order valence-corrected chi connectivity index (χ4v) is 2.95. The lowest BCUT2D eigenvalue weighted by Crippen LogP contribution is -2.37. The third-order valence-electron chi connectivity index (χ3n) is 3.28. The summed E-state index contributed by atoms with van der Waals surface area (Å²) in [6, 6.07) is 10.1. The van der Waals surface area contributed by atoms with Gasteiger partial charge in [0.1, 0.15) is 5.82 Å². The van der Waals surface area contributed by atoms with Crippen LogP contribution < -0.4 is 5.32 Å². The molecule has 1 aromatic carbocycles. The minimum atomic E-state index is -0.267. The number of hydrogen-bond acceptors (Lipinski definition) is 3. The third-order valence-corrected chi connectivity index (χ3v) is 4.38. The van der Waals surface area contributed by atoms with E-state index in [1.807, 2.05) is 19.1 Å². The Morgan fingerprint density at radius 2 is 1.92 bits per heavy atom. The maximum atomic E-state index is 13.0. The van der Waals surface area contributed by atoms with Crippen molar-refractivity contribution in [2.75, 3.05) is 20.1 Å². The Hall–Kier alpha value is -2.47. The molecule has 0 unspecified atom stereocenters. The number of carbonyl (C=O) groups excluding carboxylic acids is 2. The lowest BCUT2D eigenvalue weighted by atomic mass is 10.2. The molecule has 1 N–H and O–H groups in total. The quantitative estimate of drug-likeness (QED) is 0.817. The summed E-state index contributed by atoms with van der Waals surface area (Å²) in [7, 11) is 1.58. The molecule has 2 amide bonds. The minimum absolute atomic E-state index is 0.0300. The van der Waals surface area contributed by atoms with Gasteiger partial charge in [-0.15, -0.1) is 11.3 Å². The number of rotatable bonds is 6. The number of carbonyl (C=O) groups is 2. The number of thiophene rings is 1. The van der Waals surface area contributed by atoms with Gasteiger partial charge in [0, 0.05) is 29.4 Å². The highest BCUT2D eigenvalue weighted by molar-refractivity contribution is 7.16. The normalized spacial score (nSPS) is 10.8. The van der Waals surface area contributed by atoms with Crippen LogP contribution in [0.2, 0.25) is 0 Å². The van der Waals surface area contributed by atoms with E-state index in [1.54, 1.807) is 25.3 Å². The fraction of sp³-hybridized carbons (Fsp3) is 0.222. The molecule has 1 aromatic heterocycles. The summed E-state index contributed by atoms with van der Waals surface area (Å²) in [5.74, 6) is -0.689. The van der Waals surface area contributed by atoms with Crippen molar-refractivity contribution in [2.24, 2.45) is 0 Å². The second-order valence-corrected chi connectivity index (χ2v) is 6.31. The van der Waals surface area contributed by atoms with Crippen molar-refractivity contribution in [3.05, 3.63) is 53.2 Å². The molecular weight excluding hydrogens is 327 g/mol. The molecule has 0 aliphatic heterocycles. The first kappa shape index (κ1) is 17.9. The van der Waals surface area contributed by atoms with Crippen molar-refractivity contribution in [1.29, 1.82) is 0 Å². The van der Waals surface area contributed by atoms with E-state index in [2.05, 4.69) is 5.32 Å². The summed E-state index contributed by atoms with van der Waals surface area (Å²) in [4.78, 5) is 26.7. The molecule has 2 rings (SSSR count). The second kappa shape index (κ2) is 8.40. The Morgan fingerprint density at radius 1 is 1.21 bits per heavy atom. The van der Waals surface area contributed by atoms with E-state index in [0.717, 1.165) is 15.3 Å². The van der Waals surface area contributed by atoms with Crippen LogP contribution in [0.1, 0.15) is 11.8 Å². The van der Waals surface area contributed by atoms with Crippen LogP contribution in [0.5, 0.6) is 0 Å². The molecule has 0 aliphatic carbocycles. The summed E-state index contributed by atoms with van der Waals surface area (Å²) in [5.41, 5.74) is 0.931. The Balaban J connectivity index is 1.98. The minimum Gasteiger partial charge on any atom is -0.355 e. The number of amides is 2. The topological polar surface area (TPSA) is 49.4 Å². The monoisotopic (exact) mass is 346 g/mol. The summed E-state index contributed by atoms with van der Waals surface area (Å²) >= 11 is 1.51. The summed E-state index contributed by atoms with van der Waals surface area (Å²) in [6.07, 6.45) is 3.16. The van der Waals surface area contributed by atoms with Crippen LogP contribution in [0.25, 0.3) is 16.5 Å². The molecule has 24 heavy (non-hydrogen) atoms. The standard InChI is InChI=1S/C18H19FN2O2S/c1-3-20-17(22)12-21(2)18(23)11-9-15-8-10-16(24-15)13-4-6-14(19)7-5-13/h4-11H,3,12H2,1-2H3,(H,20,22)/b11-9+. The maximum Gasteiger partial charge on any atom is 0.246 e. The van der Waals surface area contributed by atoms with E-state index in [0.29, 0.717) is 6.54 Å². The number of nitrogens with one attached hydrogen (secondary N) is 1. The number of benzene rings is 1. The average Bonchev–Trinajstić information content (AvgIpc) is 3.02. The molecule has 0 fully saturated rings. The molecule has 0 bridgehead atoms. The van der Waals surface area contributed by atoms with Crippen molar-refractivity contribution in [1.82, 2.24) is 10.2 Å². The van der Waals surface area contributed by atoms with Crippen molar-refractivity contribution in [3.8, 4) is 10.4 Å². The number of likely N-dealkylation sites (N-methyl/N-ethyl adjacent to an activating group) is 2. The van der Waals surface area contributed by atoms with Crippen molar-refractivity contribution < 1.29 is 14.0 Å². The lowest BCUT2D eigenvalue weighted by molar-refractivity contribution is -0.131. The van der Waals surface area contributed by atoms with Gasteiger partial charge in [-0.2, -0.15) is 0 Å². The van der Waals surface area contributed by atoms with E-state index in [4.69, 9.17) is 0 Å². The summed E-state index contributed by atoms with van der Waals surface area (Å²) in [6.45, 7) is 2.40. The van der Waals surface area contributed by atoms with Crippen LogP contribution in [0, 0.1) is 5.82 Å². The zero-order valence-corrected chi connectivity index (χ0v) is 14.4. The first-order chi connectivity index (χ1) is 11.5. The van der Waals surface area contributed by atoms with Gasteiger partial charge in [0.05, 0.1) is 6.54 Å². The third kappa shape index (κ3) is 5.03. The van der Waals surface area contributed by atoms with Crippen molar-refractivity contribution >= 4 is 29.2 Å². The largest absolute Gasteiger partial charge is 0.355 e. The van der Waals surface area contributed by atoms with E-state index in [-0.39, 0.29) is 24.2 Å². The molecule has 0 aliphatic rings. The first-order valence-corrected chi connectivity index (χ1v) is 8.37. The smallest absolute Gasteiger partial charge is 0.246 e. The molecule has 4 nitrogen and oxygen atoms in total.